The van der Waals surface area contributed by atoms with Crippen molar-refractivity contribution >= 4 is 26.5 Å². The minimum atomic E-state index is -3.97. The number of aromatic nitrogens is 1. The molecular formula is C13H16FN3O2S2. The van der Waals surface area contributed by atoms with Crippen molar-refractivity contribution in [3.05, 3.63) is 40.7 Å². The lowest BCUT2D eigenvalue weighted by atomic mass is 10.2. The molecule has 0 aliphatic rings. The van der Waals surface area contributed by atoms with E-state index in [0.29, 0.717) is 17.8 Å². The van der Waals surface area contributed by atoms with Gasteiger partial charge in [-0.05, 0) is 31.2 Å². The topological polar surface area (TPSA) is 71.1 Å². The van der Waals surface area contributed by atoms with Crippen molar-refractivity contribution in [1.29, 1.82) is 0 Å². The Morgan fingerprint density at radius 1 is 1.38 bits per heavy atom. The van der Waals surface area contributed by atoms with E-state index in [1.54, 1.807) is 18.4 Å². The van der Waals surface area contributed by atoms with Gasteiger partial charge in [-0.2, -0.15) is 0 Å². The van der Waals surface area contributed by atoms with E-state index in [2.05, 4.69) is 15.0 Å². The van der Waals surface area contributed by atoms with Gasteiger partial charge in [0.15, 0.2) is 5.13 Å². The second-order valence-electron chi connectivity index (χ2n) is 4.44. The molecule has 0 bridgehead atoms. The maximum absolute atomic E-state index is 14.0. The van der Waals surface area contributed by atoms with Gasteiger partial charge in [-0.3, -0.25) is 4.72 Å². The lowest BCUT2D eigenvalue weighted by Crippen LogP contribution is -2.16. The van der Waals surface area contributed by atoms with Gasteiger partial charge in [0.1, 0.15) is 10.7 Å². The first kappa shape index (κ1) is 15.9. The van der Waals surface area contributed by atoms with Crippen LogP contribution in [-0.2, 0) is 16.6 Å². The molecule has 5 nitrogen and oxygen atoms in total. The highest BCUT2D eigenvalue weighted by atomic mass is 32.2. The summed E-state index contributed by atoms with van der Waals surface area (Å²) in [4.78, 5) is 3.63. The Balaban J connectivity index is 2.23. The Morgan fingerprint density at radius 2 is 2.14 bits per heavy atom. The molecule has 2 N–H and O–H groups in total. The monoisotopic (exact) mass is 329 g/mol. The van der Waals surface area contributed by atoms with Crippen LogP contribution in [-0.4, -0.2) is 19.9 Å². The quantitative estimate of drug-likeness (QED) is 0.854. The minimum Gasteiger partial charge on any atom is -0.313 e. The van der Waals surface area contributed by atoms with Crippen molar-refractivity contribution in [3.8, 4) is 0 Å². The summed E-state index contributed by atoms with van der Waals surface area (Å²) < 4.78 is 40.6. The largest absolute Gasteiger partial charge is 0.313 e. The van der Waals surface area contributed by atoms with Crippen molar-refractivity contribution in [2.75, 3.05) is 11.3 Å². The fourth-order valence-electron chi connectivity index (χ4n) is 1.71. The summed E-state index contributed by atoms with van der Waals surface area (Å²) in [6, 6.07) is 4.09. The van der Waals surface area contributed by atoms with Gasteiger partial charge >= 0.3 is 0 Å². The Morgan fingerprint density at radius 3 is 2.71 bits per heavy atom. The van der Waals surface area contributed by atoms with Gasteiger partial charge in [0.2, 0.25) is 0 Å². The number of rotatable bonds is 6. The van der Waals surface area contributed by atoms with E-state index < -0.39 is 15.8 Å². The third-order valence-electron chi connectivity index (χ3n) is 2.71. The Hall–Kier alpha value is -1.51. The van der Waals surface area contributed by atoms with Crippen molar-refractivity contribution in [2.45, 2.75) is 25.3 Å². The Bertz CT molecular complexity index is 729. The number of halogens is 1. The van der Waals surface area contributed by atoms with Gasteiger partial charge in [0, 0.05) is 11.9 Å². The highest BCUT2D eigenvalue weighted by Crippen LogP contribution is 2.22. The highest BCUT2D eigenvalue weighted by molar-refractivity contribution is 7.93. The van der Waals surface area contributed by atoms with Gasteiger partial charge in [0.05, 0.1) is 5.69 Å². The van der Waals surface area contributed by atoms with Gasteiger partial charge in [-0.1, -0.05) is 13.0 Å². The number of anilines is 1. The van der Waals surface area contributed by atoms with Crippen LogP contribution in [0.4, 0.5) is 9.52 Å². The molecule has 0 saturated carbocycles. The number of nitrogens with zero attached hydrogens (tertiary/aromatic N) is 1. The van der Waals surface area contributed by atoms with Crippen LogP contribution in [0.15, 0.2) is 28.5 Å². The molecule has 21 heavy (non-hydrogen) atoms. The van der Waals surface area contributed by atoms with Crippen LogP contribution >= 0.6 is 11.3 Å². The summed E-state index contributed by atoms with van der Waals surface area (Å²) in [5, 5.41) is 4.99. The SMILES string of the molecule is CCNCc1ccc(S(=O)(=O)Nc2nc(C)cs2)c(F)c1. The van der Waals surface area contributed by atoms with Gasteiger partial charge in [0.25, 0.3) is 10.0 Å². The van der Waals surface area contributed by atoms with Crippen molar-refractivity contribution in [3.63, 3.8) is 0 Å². The third-order valence-corrected chi connectivity index (χ3v) is 5.08. The van der Waals surface area contributed by atoms with E-state index in [1.807, 2.05) is 6.92 Å². The van der Waals surface area contributed by atoms with Gasteiger partial charge in [-0.25, -0.2) is 17.8 Å². The number of aryl methyl sites for hydroxylation is 1. The number of hydrogen-bond acceptors (Lipinski definition) is 5. The van der Waals surface area contributed by atoms with Crippen LogP contribution in [0.25, 0.3) is 0 Å². The molecule has 0 unspecified atom stereocenters. The molecule has 1 aromatic carbocycles. The predicted molar refractivity (Wildman–Crippen MR) is 81.4 cm³/mol. The molecule has 0 spiro atoms. The zero-order chi connectivity index (χ0) is 15.5. The smallest absolute Gasteiger partial charge is 0.266 e. The fourth-order valence-corrected chi connectivity index (χ4v) is 3.71. The average Bonchev–Trinajstić information content (AvgIpc) is 2.80. The number of sulfonamides is 1. The molecule has 0 aliphatic heterocycles. The second-order valence-corrected chi connectivity index (χ2v) is 6.95. The van der Waals surface area contributed by atoms with Crippen LogP contribution in [0.1, 0.15) is 18.2 Å². The van der Waals surface area contributed by atoms with E-state index in [0.717, 1.165) is 17.9 Å². The lowest BCUT2D eigenvalue weighted by molar-refractivity contribution is 0.567. The summed E-state index contributed by atoms with van der Waals surface area (Å²) in [5.41, 5.74) is 1.40. The van der Waals surface area contributed by atoms with Crippen LogP contribution in [0, 0.1) is 12.7 Å². The fraction of sp³-hybridized carbons (Fsp3) is 0.308. The van der Waals surface area contributed by atoms with E-state index in [1.165, 1.54) is 12.1 Å². The Labute approximate surface area is 127 Å². The molecule has 114 valence electrons. The first-order valence-electron chi connectivity index (χ1n) is 6.36. The minimum absolute atomic E-state index is 0.226. The molecule has 1 aromatic heterocycles. The van der Waals surface area contributed by atoms with Crippen molar-refractivity contribution in [1.82, 2.24) is 10.3 Å². The first-order chi connectivity index (χ1) is 9.92. The first-order valence-corrected chi connectivity index (χ1v) is 8.72. The van der Waals surface area contributed by atoms with Crippen LogP contribution in [0.3, 0.4) is 0 Å². The van der Waals surface area contributed by atoms with Crippen molar-refractivity contribution in [2.24, 2.45) is 0 Å². The molecule has 0 atom stereocenters. The van der Waals surface area contributed by atoms with Crippen LogP contribution in [0.5, 0.6) is 0 Å². The maximum atomic E-state index is 14.0. The second kappa shape index (κ2) is 6.50. The van der Waals surface area contributed by atoms with E-state index in [9.17, 15) is 12.8 Å². The molecule has 8 heteroatoms. The lowest BCUT2D eigenvalue weighted by Gasteiger charge is -2.08. The summed E-state index contributed by atoms with van der Waals surface area (Å²) >= 11 is 1.16. The average molecular weight is 329 g/mol. The Kier molecular flexibility index (Phi) is 4.92. The molecule has 0 saturated heterocycles. The molecule has 0 aliphatic carbocycles. The molecule has 2 rings (SSSR count). The molecule has 2 aromatic rings. The van der Waals surface area contributed by atoms with E-state index in [4.69, 9.17) is 0 Å². The summed E-state index contributed by atoms with van der Waals surface area (Å²) in [7, 11) is -3.97. The molecule has 0 amide bonds. The summed E-state index contributed by atoms with van der Waals surface area (Å²) in [5.74, 6) is -0.772. The number of benzene rings is 1. The third kappa shape index (κ3) is 3.99. The molecule has 0 fully saturated rings. The number of thiazole rings is 1. The van der Waals surface area contributed by atoms with Gasteiger partial charge in [-0.15, -0.1) is 11.3 Å². The zero-order valence-corrected chi connectivity index (χ0v) is 13.3. The van der Waals surface area contributed by atoms with E-state index >= 15 is 0 Å². The van der Waals surface area contributed by atoms with Gasteiger partial charge < -0.3 is 5.32 Å². The molecule has 0 radical (unpaired) electrons. The standard InChI is InChI=1S/C13H16FN3O2S2/c1-3-15-7-10-4-5-12(11(14)6-10)21(18,19)17-13-16-9(2)8-20-13/h4-6,8,15H,3,7H2,1-2H3,(H,16,17). The molecule has 1 heterocycles. The van der Waals surface area contributed by atoms with Crippen LogP contribution < -0.4 is 10.0 Å². The normalized spacial score (nSPS) is 11.6. The van der Waals surface area contributed by atoms with E-state index in [-0.39, 0.29) is 10.0 Å². The number of hydrogen-bond donors (Lipinski definition) is 2. The number of nitrogens with one attached hydrogen (secondary N) is 2. The summed E-state index contributed by atoms with van der Waals surface area (Å²) in [6.07, 6.45) is 0. The van der Waals surface area contributed by atoms with Crippen LogP contribution in [0.2, 0.25) is 0 Å². The highest BCUT2D eigenvalue weighted by Gasteiger charge is 2.20. The predicted octanol–water partition coefficient (Wildman–Crippen LogP) is 2.50. The molecular weight excluding hydrogens is 313 g/mol. The van der Waals surface area contributed by atoms with Crippen molar-refractivity contribution < 1.29 is 12.8 Å². The summed E-state index contributed by atoms with van der Waals surface area (Å²) in [6.45, 7) is 4.94. The zero-order valence-electron chi connectivity index (χ0n) is 11.7. The maximum Gasteiger partial charge on any atom is 0.266 e.